The van der Waals surface area contributed by atoms with Crippen molar-refractivity contribution in [2.24, 2.45) is 0 Å². The van der Waals surface area contributed by atoms with Crippen molar-refractivity contribution in [1.82, 2.24) is 14.5 Å². The maximum Gasteiger partial charge on any atom is 0.235 e. The zero-order valence-electron chi connectivity index (χ0n) is 24.0. The lowest BCUT2D eigenvalue weighted by Crippen LogP contribution is -2.16. The van der Waals surface area contributed by atoms with Gasteiger partial charge in [-0.1, -0.05) is 105 Å². The van der Waals surface area contributed by atoms with Crippen LogP contribution >= 0.6 is 0 Å². The highest BCUT2D eigenvalue weighted by Gasteiger charge is 2.30. The molecule has 0 atom stereocenters. The standard InChI is InChI=1S/C34H37N3O/c1-32(2,3)20-18-23-27-29(38-28(23)24(19-20)33(4,5)6)30(34(7,8)9)36-31(35-27)37-25-16-12-10-14-21(25)22-15-11-13-17-26(22)37/h10-19H,1-9H3. The van der Waals surface area contributed by atoms with Crippen molar-refractivity contribution in [1.29, 1.82) is 0 Å². The third-order valence-corrected chi connectivity index (χ3v) is 7.57. The highest BCUT2D eigenvalue weighted by atomic mass is 16.3. The SMILES string of the molecule is CC(C)(C)c1cc(C(C)(C)C)c2oc3c(C(C)(C)C)nc(-n4c5ccccc5c5ccccc54)nc3c2c1. The summed E-state index contributed by atoms with van der Waals surface area (Å²) in [6.45, 7) is 20.1. The number of hydrogen-bond acceptors (Lipinski definition) is 3. The van der Waals surface area contributed by atoms with Crippen LogP contribution in [-0.4, -0.2) is 14.5 Å². The first-order chi connectivity index (χ1) is 17.7. The normalized spacial score (nSPS) is 13.4. The third-order valence-electron chi connectivity index (χ3n) is 7.57. The minimum absolute atomic E-state index is 0.00661. The van der Waals surface area contributed by atoms with E-state index in [1.807, 2.05) is 0 Å². The largest absolute Gasteiger partial charge is 0.452 e. The van der Waals surface area contributed by atoms with Gasteiger partial charge in [0.1, 0.15) is 11.1 Å². The molecular formula is C34H37N3O. The number of rotatable bonds is 1. The van der Waals surface area contributed by atoms with Crippen LogP contribution in [-0.2, 0) is 16.2 Å². The first-order valence-corrected chi connectivity index (χ1v) is 13.5. The molecule has 4 heteroatoms. The van der Waals surface area contributed by atoms with Gasteiger partial charge in [0.25, 0.3) is 0 Å². The molecule has 0 radical (unpaired) electrons. The number of nitrogens with zero attached hydrogens (tertiary/aromatic N) is 3. The predicted molar refractivity (Wildman–Crippen MR) is 160 cm³/mol. The summed E-state index contributed by atoms with van der Waals surface area (Å²) in [5.74, 6) is 0.681. The molecule has 0 bridgehead atoms. The fourth-order valence-electron chi connectivity index (χ4n) is 5.47. The summed E-state index contributed by atoms with van der Waals surface area (Å²) in [6, 6.07) is 21.6. The van der Waals surface area contributed by atoms with Gasteiger partial charge in [-0.2, -0.15) is 0 Å². The summed E-state index contributed by atoms with van der Waals surface area (Å²) >= 11 is 0. The van der Waals surface area contributed by atoms with E-state index in [1.54, 1.807) is 0 Å². The van der Waals surface area contributed by atoms with Gasteiger partial charge in [-0.3, -0.25) is 4.57 Å². The van der Waals surface area contributed by atoms with E-state index in [9.17, 15) is 0 Å². The quantitative estimate of drug-likeness (QED) is 0.224. The molecule has 0 amide bonds. The molecule has 0 saturated heterocycles. The zero-order chi connectivity index (χ0) is 27.2. The summed E-state index contributed by atoms with van der Waals surface area (Å²) in [5, 5.41) is 3.46. The molecule has 0 aliphatic rings. The molecule has 194 valence electrons. The Morgan fingerprint density at radius 3 is 1.71 bits per heavy atom. The molecule has 0 N–H and O–H groups in total. The molecule has 0 unspecified atom stereocenters. The monoisotopic (exact) mass is 503 g/mol. The van der Waals surface area contributed by atoms with Crippen molar-refractivity contribution in [3.63, 3.8) is 0 Å². The van der Waals surface area contributed by atoms with Gasteiger partial charge < -0.3 is 4.42 Å². The van der Waals surface area contributed by atoms with Crippen molar-refractivity contribution < 1.29 is 4.42 Å². The molecule has 3 aromatic heterocycles. The summed E-state index contributed by atoms with van der Waals surface area (Å²) in [6.07, 6.45) is 0. The number of fused-ring (bicyclic) bond motifs is 6. The number of aromatic nitrogens is 3. The Hall–Kier alpha value is -3.66. The fraction of sp³-hybridized carbons (Fsp3) is 0.353. The Morgan fingerprint density at radius 2 is 1.18 bits per heavy atom. The fourth-order valence-corrected chi connectivity index (χ4v) is 5.47. The van der Waals surface area contributed by atoms with E-state index < -0.39 is 0 Å². The molecule has 4 nitrogen and oxygen atoms in total. The molecule has 0 saturated carbocycles. The number of para-hydroxylation sites is 2. The highest BCUT2D eigenvalue weighted by molar-refractivity contribution is 6.09. The molecule has 0 aliphatic carbocycles. The van der Waals surface area contributed by atoms with Crippen LogP contribution in [0.4, 0.5) is 0 Å². The molecule has 0 spiro atoms. The smallest absolute Gasteiger partial charge is 0.235 e. The second-order valence-corrected chi connectivity index (χ2v) is 13.7. The maximum absolute atomic E-state index is 6.75. The molecule has 0 fully saturated rings. The Labute approximate surface area is 224 Å². The molecule has 0 aliphatic heterocycles. The zero-order valence-corrected chi connectivity index (χ0v) is 24.0. The lowest BCUT2D eigenvalue weighted by Gasteiger charge is -2.25. The van der Waals surface area contributed by atoms with Gasteiger partial charge in [0.2, 0.25) is 5.95 Å². The number of hydrogen-bond donors (Lipinski definition) is 0. The van der Waals surface area contributed by atoms with E-state index in [2.05, 4.69) is 128 Å². The number of benzene rings is 3. The van der Waals surface area contributed by atoms with Crippen molar-refractivity contribution in [3.05, 3.63) is 77.5 Å². The van der Waals surface area contributed by atoms with Crippen molar-refractivity contribution >= 4 is 43.9 Å². The van der Waals surface area contributed by atoms with E-state index in [1.165, 1.54) is 21.9 Å². The van der Waals surface area contributed by atoms with Crippen molar-refractivity contribution in [2.45, 2.75) is 78.6 Å². The van der Waals surface area contributed by atoms with Gasteiger partial charge in [0, 0.05) is 27.1 Å². The van der Waals surface area contributed by atoms with Crippen molar-refractivity contribution in [3.8, 4) is 5.95 Å². The Balaban J connectivity index is 1.81. The first-order valence-electron chi connectivity index (χ1n) is 13.5. The Bertz CT molecular complexity index is 1810. The van der Waals surface area contributed by atoms with Crippen LogP contribution in [0.25, 0.3) is 49.8 Å². The molecule has 3 aromatic carbocycles. The van der Waals surface area contributed by atoms with Gasteiger partial charge in [-0.15, -0.1) is 0 Å². The Morgan fingerprint density at radius 1 is 0.605 bits per heavy atom. The van der Waals surface area contributed by atoms with Gasteiger partial charge in [0.05, 0.1) is 16.7 Å². The molecule has 6 aromatic rings. The maximum atomic E-state index is 6.75. The molecule has 38 heavy (non-hydrogen) atoms. The second kappa shape index (κ2) is 7.92. The van der Waals surface area contributed by atoms with Gasteiger partial charge in [-0.05, 0) is 34.6 Å². The summed E-state index contributed by atoms with van der Waals surface area (Å²) < 4.78 is 8.95. The molecule has 6 rings (SSSR count). The summed E-state index contributed by atoms with van der Waals surface area (Å²) in [7, 11) is 0. The van der Waals surface area contributed by atoms with E-state index in [0.717, 1.165) is 38.8 Å². The van der Waals surface area contributed by atoms with E-state index in [-0.39, 0.29) is 16.2 Å². The minimum Gasteiger partial charge on any atom is -0.452 e. The minimum atomic E-state index is -0.239. The topological polar surface area (TPSA) is 43.9 Å². The van der Waals surface area contributed by atoms with E-state index in [4.69, 9.17) is 14.4 Å². The summed E-state index contributed by atoms with van der Waals surface area (Å²) in [5.41, 5.74) is 7.87. The van der Waals surface area contributed by atoms with Gasteiger partial charge in [-0.25, -0.2) is 9.97 Å². The first kappa shape index (κ1) is 24.7. The third kappa shape index (κ3) is 3.73. The molecule has 3 heterocycles. The summed E-state index contributed by atoms with van der Waals surface area (Å²) in [4.78, 5) is 10.5. The van der Waals surface area contributed by atoms with Crippen molar-refractivity contribution in [2.75, 3.05) is 0 Å². The van der Waals surface area contributed by atoms with Crippen LogP contribution in [0.3, 0.4) is 0 Å². The lowest BCUT2D eigenvalue weighted by molar-refractivity contribution is 0.540. The van der Waals surface area contributed by atoms with E-state index in [0.29, 0.717) is 5.95 Å². The van der Waals surface area contributed by atoms with Crippen LogP contribution in [0.2, 0.25) is 0 Å². The Kier molecular flexibility index (Phi) is 5.14. The van der Waals surface area contributed by atoms with Crippen LogP contribution in [0.1, 0.15) is 79.1 Å². The second-order valence-electron chi connectivity index (χ2n) is 13.7. The van der Waals surface area contributed by atoms with Gasteiger partial charge >= 0.3 is 0 Å². The van der Waals surface area contributed by atoms with E-state index >= 15 is 0 Å². The molecular weight excluding hydrogens is 466 g/mol. The number of furan rings is 1. The lowest BCUT2D eigenvalue weighted by atomic mass is 9.79. The average molecular weight is 504 g/mol. The average Bonchev–Trinajstić information content (AvgIpc) is 3.36. The van der Waals surface area contributed by atoms with Crippen LogP contribution < -0.4 is 0 Å². The van der Waals surface area contributed by atoms with Crippen LogP contribution in [0, 0.1) is 0 Å². The predicted octanol–water partition coefficient (Wildman–Crippen LogP) is 9.37. The van der Waals surface area contributed by atoms with Gasteiger partial charge in [0.15, 0.2) is 5.58 Å². The highest BCUT2D eigenvalue weighted by Crippen LogP contribution is 2.42. The van der Waals surface area contributed by atoms with Crippen LogP contribution in [0.5, 0.6) is 0 Å². The van der Waals surface area contributed by atoms with Crippen LogP contribution in [0.15, 0.2) is 65.1 Å².